The fourth-order valence-electron chi connectivity index (χ4n) is 2.21. The van der Waals surface area contributed by atoms with E-state index in [4.69, 9.17) is 21.1 Å². The van der Waals surface area contributed by atoms with Gasteiger partial charge in [-0.3, -0.25) is 0 Å². The van der Waals surface area contributed by atoms with Crippen LogP contribution in [0.2, 0.25) is 5.02 Å². The van der Waals surface area contributed by atoms with Gasteiger partial charge in [0.2, 0.25) is 0 Å². The first-order valence-electron chi connectivity index (χ1n) is 6.54. The number of methoxy groups -OCH3 is 2. The van der Waals surface area contributed by atoms with Gasteiger partial charge in [0.05, 0.1) is 36.4 Å². The van der Waals surface area contributed by atoms with E-state index >= 15 is 0 Å². The zero-order valence-electron chi connectivity index (χ0n) is 12.2. The number of rotatable bonds is 4. The minimum atomic E-state index is -3.05. The van der Waals surface area contributed by atoms with Crippen LogP contribution in [-0.2, 0) is 9.84 Å². The summed E-state index contributed by atoms with van der Waals surface area (Å²) in [6, 6.07) is 2.16. The van der Waals surface area contributed by atoms with Gasteiger partial charge < -0.3 is 20.1 Å². The molecule has 1 atom stereocenters. The molecule has 7 nitrogen and oxygen atoms in total. The van der Waals surface area contributed by atoms with E-state index in [1.807, 2.05) is 0 Å². The van der Waals surface area contributed by atoms with Crippen LogP contribution in [0, 0.1) is 0 Å². The Morgan fingerprint density at radius 1 is 1.27 bits per heavy atom. The largest absolute Gasteiger partial charge is 0.495 e. The van der Waals surface area contributed by atoms with Crippen molar-refractivity contribution in [1.82, 2.24) is 5.32 Å². The van der Waals surface area contributed by atoms with Crippen molar-refractivity contribution in [3.05, 3.63) is 17.2 Å². The molecule has 1 fully saturated rings. The second-order valence-corrected chi connectivity index (χ2v) is 7.52. The number of carbonyl (C=O) groups is 1. The molecule has 1 aliphatic rings. The van der Waals surface area contributed by atoms with Crippen molar-refractivity contribution in [2.24, 2.45) is 0 Å². The lowest BCUT2D eigenvalue weighted by Crippen LogP contribution is -2.38. The Hall–Kier alpha value is -1.67. The number of halogens is 1. The highest BCUT2D eigenvalue weighted by Gasteiger charge is 2.29. The molecule has 0 unspecified atom stereocenters. The Bertz CT molecular complexity index is 677. The van der Waals surface area contributed by atoms with Crippen molar-refractivity contribution in [3.63, 3.8) is 0 Å². The van der Waals surface area contributed by atoms with Crippen LogP contribution in [0.3, 0.4) is 0 Å². The van der Waals surface area contributed by atoms with Gasteiger partial charge in [-0.05, 0) is 6.42 Å². The molecule has 1 aromatic rings. The minimum absolute atomic E-state index is 0.0402. The van der Waals surface area contributed by atoms with Crippen LogP contribution in [0.5, 0.6) is 11.5 Å². The number of amides is 2. The smallest absolute Gasteiger partial charge is 0.319 e. The number of urea groups is 1. The van der Waals surface area contributed by atoms with E-state index in [1.54, 1.807) is 0 Å². The van der Waals surface area contributed by atoms with E-state index < -0.39 is 15.9 Å². The topological polar surface area (TPSA) is 93.7 Å². The van der Waals surface area contributed by atoms with Crippen LogP contribution in [0.25, 0.3) is 0 Å². The standard InChI is InChI=1S/C13H17ClN2O5S/c1-20-11-6-10(12(21-2)5-9(11)14)16-13(17)15-8-3-4-22(18,19)7-8/h5-6,8H,3-4,7H2,1-2H3,(H2,15,16,17)/t8-/m0/s1. The summed E-state index contributed by atoms with van der Waals surface area (Å²) in [6.07, 6.45) is 0.414. The molecule has 122 valence electrons. The first kappa shape index (κ1) is 16.7. The van der Waals surface area contributed by atoms with Crippen molar-refractivity contribution in [3.8, 4) is 11.5 Å². The molecule has 2 rings (SSSR count). The van der Waals surface area contributed by atoms with Gasteiger partial charge in [-0.25, -0.2) is 13.2 Å². The highest BCUT2D eigenvalue weighted by atomic mass is 35.5. The highest BCUT2D eigenvalue weighted by Crippen LogP contribution is 2.35. The summed E-state index contributed by atoms with van der Waals surface area (Å²) < 4.78 is 33.0. The fraction of sp³-hybridized carbons (Fsp3) is 0.462. The monoisotopic (exact) mass is 348 g/mol. The Labute approximate surface area is 133 Å². The average molecular weight is 349 g/mol. The van der Waals surface area contributed by atoms with Gasteiger partial charge in [0.25, 0.3) is 0 Å². The second kappa shape index (κ2) is 6.62. The summed E-state index contributed by atoms with van der Waals surface area (Å²) in [5, 5.41) is 5.59. The van der Waals surface area contributed by atoms with Gasteiger partial charge in [-0.2, -0.15) is 0 Å². The number of ether oxygens (including phenoxy) is 2. The van der Waals surface area contributed by atoms with Crippen molar-refractivity contribution in [1.29, 1.82) is 0 Å². The Kier molecular flexibility index (Phi) is 5.02. The number of nitrogens with one attached hydrogen (secondary N) is 2. The molecule has 22 heavy (non-hydrogen) atoms. The summed E-state index contributed by atoms with van der Waals surface area (Å²) in [4.78, 5) is 12.0. The second-order valence-electron chi connectivity index (χ2n) is 4.89. The molecular formula is C13H17ClN2O5S. The minimum Gasteiger partial charge on any atom is -0.495 e. The van der Waals surface area contributed by atoms with E-state index in [0.29, 0.717) is 28.6 Å². The van der Waals surface area contributed by atoms with Crippen LogP contribution < -0.4 is 20.1 Å². The molecule has 1 aliphatic heterocycles. The molecule has 0 radical (unpaired) electrons. The maximum atomic E-state index is 12.0. The number of benzene rings is 1. The predicted octanol–water partition coefficient (Wildman–Crippen LogP) is 1.67. The summed E-state index contributed by atoms with van der Waals surface area (Å²) >= 11 is 5.99. The first-order valence-corrected chi connectivity index (χ1v) is 8.74. The third-order valence-corrected chi connectivity index (χ3v) is 5.35. The van der Waals surface area contributed by atoms with E-state index in [9.17, 15) is 13.2 Å². The van der Waals surface area contributed by atoms with Gasteiger partial charge in [0.1, 0.15) is 11.5 Å². The normalized spacial score (nSPS) is 19.5. The highest BCUT2D eigenvalue weighted by molar-refractivity contribution is 7.91. The van der Waals surface area contributed by atoms with Crippen LogP contribution in [0.1, 0.15) is 6.42 Å². The van der Waals surface area contributed by atoms with Gasteiger partial charge in [0.15, 0.2) is 9.84 Å². The zero-order chi connectivity index (χ0) is 16.3. The molecule has 2 amide bonds. The van der Waals surface area contributed by atoms with Crippen molar-refractivity contribution < 1.29 is 22.7 Å². The Morgan fingerprint density at radius 3 is 2.50 bits per heavy atom. The third-order valence-electron chi connectivity index (χ3n) is 3.29. The van der Waals surface area contributed by atoms with Gasteiger partial charge in [0, 0.05) is 18.2 Å². The predicted molar refractivity (Wildman–Crippen MR) is 83.8 cm³/mol. The maximum absolute atomic E-state index is 12.0. The van der Waals surface area contributed by atoms with E-state index in [1.165, 1.54) is 26.4 Å². The zero-order valence-corrected chi connectivity index (χ0v) is 13.8. The molecular weight excluding hydrogens is 332 g/mol. The lowest BCUT2D eigenvalue weighted by atomic mass is 10.2. The van der Waals surface area contributed by atoms with Crippen LogP contribution >= 0.6 is 11.6 Å². The number of anilines is 1. The SMILES string of the molecule is COc1cc(NC(=O)N[C@H]2CCS(=O)(=O)C2)c(OC)cc1Cl. The summed E-state index contributed by atoms with van der Waals surface area (Å²) in [5.74, 6) is 0.818. The van der Waals surface area contributed by atoms with Crippen LogP contribution in [-0.4, -0.2) is 46.2 Å². The molecule has 1 saturated heterocycles. The van der Waals surface area contributed by atoms with Crippen LogP contribution in [0.4, 0.5) is 10.5 Å². The molecule has 9 heteroatoms. The van der Waals surface area contributed by atoms with Crippen molar-refractivity contribution in [2.75, 3.05) is 31.0 Å². The number of hydrogen-bond acceptors (Lipinski definition) is 5. The quantitative estimate of drug-likeness (QED) is 0.863. The Morgan fingerprint density at radius 2 is 1.95 bits per heavy atom. The fourth-order valence-corrected chi connectivity index (χ4v) is 4.11. The number of carbonyl (C=O) groups excluding carboxylic acids is 1. The lowest BCUT2D eigenvalue weighted by molar-refractivity contribution is 0.249. The third kappa shape index (κ3) is 3.95. The molecule has 0 aliphatic carbocycles. The molecule has 1 heterocycles. The van der Waals surface area contributed by atoms with E-state index in [0.717, 1.165) is 0 Å². The average Bonchev–Trinajstić information content (AvgIpc) is 2.79. The maximum Gasteiger partial charge on any atom is 0.319 e. The van der Waals surface area contributed by atoms with E-state index in [2.05, 4.69) is 10.6 Å². The molecule has 0 bridgehead atoms. The van der Waals surface area contributed by atoms with Crippen molar-refractivity contribution >= 4 is 33.2 Å². The number of sulfone groups is 1. The summed E-state index contributed by atoms with van der Waals surface area (Å²) in [6.45, 7) is 0. The van der Waals surface area contributed by atoms with Crippen molar-refractivity contribution in [2.45, 2.75) is 12.5 Å². The number of hydrogen-bond donors (Lipinski definition) is 2. The summed E-state index contributed by atoms with van der Waals surface area (Å²) in [7, 11) is -0.139. The molecule has 0 spiro atoms. The molecule has 0 aromatic heterocycles. The molecule has 1 aromatic carbocycles. The Balaban J connectivity index is 2.08. The summed E-state index contributed by atoms with van der Waals surface area (Å²) in [5.41, 5.74) is 0.377. The first-order chi connectivity index (χ1) is 10.3. The molecule has 0 saturated carbocycles. The molecule has 2 N–H and O–H groups in total. The van der Waals surface area contributed by atoms with Crippen LogP contribution in [0.15, 0.2) is 12.1 Å². The lowest BCUT2D eigenvalue weighted by Gasteiger charge is -2.15. The van der Waals surface area contributed by atoms with E-state index in [-0.39, 0.29) is 17.5 Å². The van der Waals surface area contributed by atoms with Gasteiger partial charge in [-0.15, -0.1) is 0 Å². The van der Waals surface area contributed by atoms with Gasteiger partial charge >= 0.3 is 6.03 Å². The van der Waals surface area contributed by atoms with Gasteiger partial charge in [-0.1, -0.05) is 11.6 Å².